The third-order valence-corrected chi connectivity index (χ3v) is 5.79. The van der Waals surface area contributed by atoms with Gasteiger partial charge in [-0.1, -0.05) is 49.2 Å². The SMILES string of the molecule is CCCCc1ccc(-n2nc3cc(Cl)c(NC(=S)NC(=O)c4ccccc4[N+](=O)[O-])cc3n2)cc1. The van der Waals surface area contributed by atoms with Crippen LogP contribution in [0.2, 0.25) is 5.02 Å². The highest BCUT2D eigenvalue weighted by molar-refractivity contribution is 7.80. The Morgan fingerprint density at radius 3 is 2.49 bits per heavy atom. The number of halogens is 1. The van der Waals surface area contributed by atoms with E-state index in [-0.39, 0.29) is 16.4 Å². The van der Waals surface area contributed by atoms with Gasteiger partial charge in [-0.25, -0.2) is 0 Å². The molecule has 0 fully saturated rings. The number of nitrogens with zero attached hydrogens (tertiary/aromatic N) is 4. The molecule has 1 heterocycles. The van der Waals surface area contributed by atoms with Gasteiger partial charge in [0.25, 0.3) is 11.6 Å². The summed E-state index contributed by atoms with van der Waals surface area (Å²) in [6, 6.07) is 17.0. The van der Waals surface area contributed by atoms with Crippen molar-refractivity contribution in [3.8, 4) is 5.69 Å². The highest BCUT2D eigenvalue weighted by Gasteiger charge is 2.20. The summed E-state index contributed by atoms with van der Waals surface area (Å²) >= 11 is 11.6. The molecule has 178 valence electrons. The Balaban J connectivity index is 1.50. The lowest BCUT2D eigenvalue weighted by Crippen LogP contribution is -2.34. The van der Waals surface area contributed by atoms with Gasteiger partial charge in [0.05, 0.1) is 21.3 Å². The fourth-order valence-electron chi connectivity index (χ4n) is 3.47. The summed E-state index contributed by atoms with van der Waals surface area (Å²) in [4.78, 5) is 24.6. The number of aryl methyl sites for hydroxylation is 1. The molecule has 0 aliphatic carbocycles. The molecule has 11 heteroatoms. The van der Waals surface area contributed by atoms with Crippen LogP contribution in [-0.4, -0.2) is 30.9 Å². The summed E-state index contributed by atoms with van der Waals surface area (Å²) in [7, 11) is 0. The molecule has 0 radical (unpaired) electrons. The number of amides is 1. The fraction of sp³-hybridized carbons (Fsp3) is 0.167. The second kappa shape index (κ2) is 10.6. The number of unbranched alkanes of at least 4 members (excludes halogenated alkanes) is 1. The zero-order chi connectivity index (χ0) is 24.9. The van der Waals surface area contributed by atoms with Crippen LogP contribution >= 0.6 is 23.8 Å². The van der Waals surface area contributed by atoms with E-state index in [1.54, 1.807) is 12.1 Å². The van der Waals surface area contributed by atoms with Crippen molar-refractivity contribution in [3.05, 3.63) is 86.9 Å². The van der Waals surface area contributed by atoms with E-state index in [2.05, 4.69) is 39.9 Å². The van der Waals surface area contributed by atoms with Gasteiger partial charge in [0.1, 0.15) is 16.6 Å². The van der Waals surface area contributed by atoms with Gasteiger partial charge in [-0.3, -0.25) is 20.2 Å². The van der Waals surface area contributed by atoms with E-state index in [9.17, 15) is 14.9 Å². The summed E-state index contributed by atoms with van der Waals surface area (Å²) in [6.45, 7) is 2.16. The summed E-state index contributed by atoms with van der Waals surface area (Å²) in [5.41, 5.74) is 3.23. The van der Waals surface area contributed by atoms with Gasteiger partial charge in [-0.15, -0.1) is 10.2 Å². The number of anilines is 1. The van der Waals surface area contributed by atoms with Crippen LogP contribution in [0.3, 0.4) is 0 Å². The van der Waals surface area contributed by atoms with Crippen LogP contribution in [0.5, 0.6) is 0 Å². The molecule has 0 saturated carbocycles. The van der Waals surface area contributed by atoms with Crippen LogP contribution in [0, 0.1) is 10.1 Å². The minimum absolute atomic E-state index is 0.0653. The van der Waals surface area contributed by atoms with E-state index in [4.69, 9.17) is 23.8 Å². The first-order valence-electron chi connectivity index (χ1n) is 10.9. The molecular weight excluding hydrogens is 488 g/mol. The van der Waals surface area contributed by atoms with E-state index in [0.29, 0.717) is 21.7 Å². The van der Waals surface area contributed by atoms with Gasteiger partial charge in [-0.2, -0.15) is 4.80 Å². The van der Waals surface area contributed by atoms with Crippen molar-refractivity contribution in [2.24, 2.45) is 0 Å². The Morgan fingerprint density at radius 2 is 1.80 bits per heavy atom. The number of carbonyl (C=O) groups is 1. The number of nitrogens with one attached hydrogen (secondary N) is 2. The van der Waals surface area contributed by atoms with Gasteiger partial charge >= 0.3 is 0 Å². The van der Waals surface area contributed by atoms with Crippen molar-refractivity contribution in [2.75, 3.05) is 5.32 Å². The maximum absolute atomic E-state index is 12.5. The van der Waals surface area contributed by atoms with Crippen LogP contribution in [-0.2, 0) is 6.42 Å². The third kappa shape index (κ3) is 5.61. The second-order valence-electron chi connectivity index (χ2n) is 7.76. The van der Waals surface area contributed by atoms with Crippen LogP contribution in [0.15, 0.2) is 60.7 Å². The molecule has 1 aromatic heterocycles. The molecule has 35 heavy (non-hydrogen) atoms. The first-order valence-corrected chi connectivity index (χ1v) is 11.7. The normalized spacial score (nSPS) is 10.8. The molecule has 9 nitrogen and oxygen atoms in total. The van der Waals surface area contributed by atoms with Gasteiger partial charge in [0.15, 0.2) is 5.11 Å². The number of nitro benzene ring substituents is 1. The predicted octanol–water partition coefficient (Wildman–Crippen LogP) is 5.45. The second-order valence-corrected chi connectivity index (χ2v) is 8.58. The smallest absolute Gasteiger partial charge is 0.282 e. The van der Waals surface area contributed by atoms with Gasteiger partial charge in [-0.05, 0) is 61.0 Å². The van der Waals surface area contributed by atoms with E-state index < -0.39 is 10.8 Å². The van der Waals surface area contributed by atoms with Crippen LogP contribution in [0.25, 0.3) is 16.7 Å². The van der Waals surface area contributed by atoms with E-state index >= 15 is 0 Å². The molecule has 3 aromatic carbocycles. The number of thiocarbonyl (C=S) groups is 1. The van der Waals surface area contributed by atoms with Crippen molar-refractivity contribution in [1.29, 1.82) is 0 Å². The predicted molar refractivity (Wildman–Crippen MR) is 139 cm³/mol. The number of aromatic nitrogens is 3. The highest BCUT2D eigenvalue weighted by Crippen LogP contribution is 2.27. The Hall–Kier alpha value is -3.89. The van der Waals surface area contributed by atoms with Crippen molar-refractivity contribution >= 4 is 57.2 Å². The molecule has 4 aromatic rings. The molecule has 4 rings (SSSR count). The van der Waals surface area contributed by atoms with Crippen molar-refractivity contribution in [2.45, 2.75) is 26.2 Å². The Labute approximate surface area is 211 Å². The van der Waals surface area contributed by atoms with E-state index in [0.717, 1.165) is 24.9 Å². The lowest BCUT2D eigenvalue weighted by Gasteiger charge is -2.11. The number of fused-ring (bicyclic) bond motifs is 1. The van der Waals surface area contributed by atoms with E-state index in [1.807, 2.05) is 12.1 Å². The zero-order valence-electron chi connectivity index (χ0n) is 18.7. The monoisotopic (exact) mass is 508 g/mol. The minimum atomic E-state index is -0.708. The lowest BCUT2D eigenvalue weighted by atomic mass is 10.1. The fourth-order valence-corrected chi connectivity index (χ4v) is 3.88. The molecular formula is C24H21ClN6O3S. The number of hydrogen-bond acceptors (Lipinski definition) is 6. The van der Waals surface area contributed by atoms with Gasteiger partial charge < -0.3 is 5.32 Å². The Morgan fingerprint density at radius 1 is 1.11 bits per heavy atom. The topological polar surface area (TPSA) is 115 Å². The van der Waals surface area contributed by atoms with Crippen LogP contribution in [0.4, 0.5) is 11.4 Å². The zero-order valence-corrected chi connectivity index (χ0v) is 20.3. The quantitative estimate of drug-likeness (QED) is 0.194. The summed E-state index contributed by atoms with van der Waals surface area (Å²) in [5.74, 6) is -0.708. The molecule has 0 spiro atoms. The largest absolute Gasteiger partial charge is 0.331 e. The Bertz CT molecular complexity index is 1420. The molecule has 0 unspecified atom stereocenters. The van der Waals surface area contributed by atoms with Crippen molar-refractivity contribution in [3.63, 3.8) is 0 Å². The Kier molecular flexibility index (Phi) is 7.33. The average molecular weight is 509 g/mol. The summed E-state index contributed by atoms with van der Waals surface area (Å²) < 4.78 is 0. The first-order chi connectivity index (χ1) is 16.9. The highest BCUT2D eigenvalue weighted by atomic mass is 35.5. The minimum Gasteiger partial charge on any atom is -0.331 e. The number of benzene rings is 3. The number of rotatable bonds is 7. The molecule has 0 aliphatic heterocycles. The number of nitro groups is 1. The number of carbonyl (C=O) groups excluding carboxylic acids is 1. The van der Waals surface area contributed by atoms with Gasteiger partial charge in [0, 0.05) is 6.07 Å². The van der Waals surface area contributed by atoms with Crippen molar-refractivity contribution in [1.82, 2.24) is 20.3 Å². The van der Waals surface area contributed by atoms with Crippen molar-refractivity contribution < 1.29 is 9.72 Å². The molecule has 0 saturated heterocycles. The lowest BCUT2D eigenvalue weighted by molar-refractivity contribution is -0.385. The molecule has 0 atom stereocenters. The van der Waals surface area contributed by atoms with Crippen LogP contribution in [0.1, 0.15) is 35.7 Å². The number of hydrogen-bond donors (Lipinski definition) is 2. The van der Waals surface area contributed by atoms with Gasteiger partial charge in [0.2, 0.25) is 0 Å². The molecule has 0 bridgehead atoms. The maximum Gasteiger partial charge on any atom is 0.282 e. The van der Waals surface area contributed by atoms with E-state index in [1.165, 1.54) is 34.6 Å². The molecule has 0 aliphatic rings. The standard InChI is InChI=1S/C24H21ClN6O3S/c1-2-3-6-15-9-11-16(12-10-15)30-28-20-13-18(25)19(14-21(20)29-30)26-24(35)27-23(32)17-7-4-5-8-22(17)31(33)34/h4-5,7-14H,2-3,6H2,1H3,(H2,26,27,32,35). The summed E-state index contributed by atoms with van der Waals surface area (Å²) in [5, 5.41) is 25.7. The first kappa shape index (κ1) is 24.2. The summed E-state index contributed by atoms with van der Waals surface area (Å²) in [6.07, 6.45) is 3.32. The third-order valence-electron chi connectivity index (χ3n) is 5.28. The number of para-hydroxylation sites is 1. The molecule has 1 amide bonds. The molecule has 2 N–H and O–H groups in total. The van der Waals surface area contributed by atoms with Crippen LogP contribution < -0.4 is 10.6 Å². The maximum atomic E-state index is 12.5. The average Bonchev–Trinajstić information content (AvgIpc) is 3.25.